The van der Waals surface area contributed by atoms with Gasteiger partial charge in [0, 0.05) is 12.6 Å². The first-order valence-electron chi connectivity index (χ1n) is 6.06. The van der Waals surface area contributed by atoms with E-state index in [1.165, 1.54) is 0 Å². The highest BCUT2D eigenvalue weighted by atomic mass is 16.4. The number of carboxylic acids is 1. The van der Waals surface area contributed by atoms with Gasteiger partial charge in [-0.3, -0.25) is 19.8 Å². The first kappa shape index (κ1) is 14.4. The zero-order valence-corrected chi connectivity index (χ0v) is 10.4. The Morgan fingerprint density at radius 3 is 2.44 bits per heavy atom. The molecule has 1 saturated carbocycles. The van der Waals surface area contributed by atoms with Gasteiger partial charge >= 0.3 is 12.0 Å². The molecular weight excluding hydrogens is 238 g/mol. The molecule has 0 saturated heterocycles. The average Bonchev–Trinajstić information content (AvgIpc) is 3.08. The second-order valence-electron chi connectivity index (χ2n) is 4.33. The molecule has 3 amide bonds. The first-order chi connectivity index (χ1) is 8.52. The van der Waals surface area contributed by atoms with Crippen LogP contribution < -0.4 is 10.6 Å². The lowest BCUT2D eigenvalue weighted by molar-refractivity contribution is -0.138. The molecule has 18 heavy (non-hydrogen) atoms. The van der Waals surface area contributed by atoms with Crippen molar-refractivity contribution in [2.75, 3.05) is 19.6 Å². The van der Waals surface area contributed by atoms with E-state index in [1.54, 1.807) is 4.90 Å². The lowest BCUT2D eigenvalue weighted by Crippen LogP contribution is -2.46. The van der Waals surface area contributed by atoms with Crippen LogP contribution in [0.1, 0.15) is 26.2 Å². The second kappa shape index (κ2) is 6.95. The molecule has 0 aliphatic heterocycles. The van der Waals surface area contributed by atoms with Crippen LogP contribution in [0, 0.1) is 0 Å². The predicted molar refractivity (Wildman–Crippen MR) is 64.1 cm³/mol. The van der Waals surface area contributed by atoms with Crippen molar-refractivity contribution in [2.45, 2.75) is 32.2 Å². The summed E-state index contributed by atoms with van der Waals surface area (Å²) in [5.74, 6) is -1.44. The molecule has 1 rings (SSSR count). The average molecular weight is 257 g/mol. The Balaban J connectivity index is 2.32. The Morgan fingerprint density at radius 1 is 1.28 bits per heavy atom. The maximum absolute atomic E-state index is 11.5. The number of carbonyl (C=O) groups is 3. The number of rotatable bonds is 7. The van der Waals surface area contributed by atoms with Crippen LogP contribution in [0.15, 0.2) is 0 Å². The van der Waals surface area contributed by atoms with Gasteiger partial charge in [-0.25, -0.2) is 4.79 Å². The fourth-order valence-corrected chi connectivity index (χ4v) is 1.56. The molecule has 0 aromatic heterocycles. The van der Waals surface area contributed by atoms with Crippen molar-refractivity contribution in [3.8, 4) is 0 Å². The van der Waals surface area contributed by atoms with Gasteiger partial charge in [0.1, 0.15) is 0 Å². The summed E-state index contributed by atoms with van der Waals surface area (Å²) in [5, 5.41) is 13.4. The summed E-state index contributed by atoms with van der Waals surface area (Å²) in [6, 6.07) is -0.376. The number of amides is 3. The molecule has 0 atom stereocenters. The van der Waals surface area contributed by atoms with Gasteiger partial charge in [-0.15, -0.1) is 0 Å². The van der Waals surface area contributed by atoms with Crippen molar-refractivity contribution in [1.82, 2.24) is 15.5 Å². The minimum Gasteiger partial charge on any atom is -0.480 e. The third-order valence-electron chi connectivity index (χ3n) is 2.54. The van der Waals surface area contributed by atoms with Crippen molar-refractivity contribution in [3.05, 3.63) is 0 Å². The Labute approximate surface area is 106 Å². The van der Waals surface area contributed by atoms with E-state index in [4.69, 9.17) is 5.11 Å². The number of nitrogens with zero attached hydrogens (tertiary/aromatic N) is 1. The van der Waals surface area contributed by atoms with E-state index in [2.05, 4.69) is 10.6 Å². The van der Waals surface area contributed by atoms with E-state index < -0.39 is 17.9 Å². The number of urea groups is 1. The smallest absolute Gasteiger partial charge is 0.321 e. The van der Waals surface area contributed by atoms with Crippen molar-refractivity contribution in [1.29, 1.82) is 0 Å². The molecule has 1 aliphatic carbocycles. The summed E-state index contributed by atoms with van der Waals surface area (Å²) in [6.07, 6.45) is 2.60. The molecule has 7 heteroatoms. The molecule has 7 nitrogen and oxygen atoms in total. The molecule has 0 bridgehead atoms. The van der Waals surface area contributed by atoms with E-state index in [0.29, 0.717) is 6.54 Å². The Hall–Kier alpha value is -1.63. The van der Waals surface area contributed by atoms with Crippen LogP contribution in [-0.2, 0) is 9.59 Å². The first-order valence-corrected chi connectivity index (χ1v) is 6.06. The summed E-state index contributed by atoms with van der Waals surface area (Å²) < 4.78 is 0. The highest BCUT2D eigenvalue weighted by Gasteiger charge is 2.31. The van der Waals surface area contributed by atoms with Crippen LogP contribution in [0.3, 0.4) is 0 Å². The molecular formula is C11H19N3O4. The number of hydrogen-bond donors (Lipinski definition) is 3. The van der Waals surface area contributed by atoms with Gasteiger partial charge in [-0.1, -0.05) is 6.92 Å². The number of nitrogens with one attached hydrogen (secondary N) is 2. The Kier molecular flexibility index (Phi) is 5.57. The van der Waals surface area contributed by atoms with Crippen LogP contribution in [-0.4, -0.2) is 53.6 Å². The van der Waals surface area contributed by atoms with Gasteiger partial charge in [0.05, 0.1) is 13.1 Å². The topological polar surface area (TPSA) is 98.7 Å². The van der Waals surface area contributed by atoms with Gasteiger partial charge in [-0.05, 0) is 19.3 Å². The van der Waals surface area contributed by atoms with Crippen molar-refractivity contribution in [2.24, 2.45) is 0 Å². The molecule has 1 aliphatic rings. The fraction of sp³-hybridized carbons (Fsp3) is 0.727. The van der Waals surface area contributed by atoms with E-state index >= 15 is 0 Å². The zero-order valence-electron chi connectivity index (χ0n) is 10.4. The quantitative estimate of drug-likeness (QED) is 0.585. The SMILES string of the molecule is CCCNC(=O)NC(=O)CN(CC(=O)O)C1CC1. The maximum atomic E-state index is 11.5. The Morgan fingerprint density at radius 2 is 1.94 bits per heavy atom. The normalized spacial score (nSPS) is 14.3. The van der Waals surface area contributed by atoms with E-state index in [-0.39, 0.29) is 19.1 Å². The number of carbonyl (C=O) groups excluding carboxylic acids is 2. The van der Waals surface area contributed by atoms with E-state index in [1.807, 2.05) is 6.92 Å². The van der Waals surface area contributed by atoms with Gasteiger partial charge in [0.15, 0.2) is 0 Å². The number of imide groups is 1. The molecule has 102 valence electrons. The standard InChI is InChI=1S/C11H19N3O4/c1-2-5-12-11(18)13-9(15)6-14(7-10(16)17)8-3-4-8/h8H,2-7H2,1H3,(H,16,17)(H2,12,13,15,18). The lowest BCUT2D eigenvalue weighted by Gasteiger charge is -2.18. The molecule has 0 unspecified atom stereocenters. The van der Waals surface area contributed by atoms with Gasteiger partial charge < -0.3 is 10.4 Å². The third kappa shape index (κ3) is 5.62. The molecule has 0 radical (unpaired) electrons. The van der Waals surface area contributed by atoms with Crippen LogP contribution in [0.2, 0.25) is 0 Å². The van der Waals surface area contributed by atoms with Gasteiger partial charge in [-0.2, -0.15) is 0 Å². The zero-order chi connectivity index (χ0) is 13.5. The number of carboxylic acid groups (broad SMARTS) is 1. The summed E-state index contributed by atoms with van der Waals surface area (Å²) in [5.41, 5.74) is 0. The third-order valence-corrected chi connectivity index (χ3v) is 2.54. The van der Waals surface area contributed by atoms with E-state index in [9.17, 15) is 14.4 Å². The summed E-state index contributed by atoms with van der Waals surface area (Å²) in [7, 11) is 0. The molecule has 0 aromatic rings. The number of aliphatic carboxylic acids is 1. The molecule has 0 heterocycles. The predicted octanol–water partition coefficient (Wildman–Crippen LogP) is -0.229. The van der Waals surface area contributed by atoms with Gasteiger partial charge in [0.2, 0.25) is 5.91 Å². The van der Waals surface area contributed by atoms with E-state index in [0.717, 1.165) is 19.3 Å². The monoisotopic (exact) mass is 257 g/mol. The molecule has 0 aromatic carbocycles. The second-order valence-corrected chi connectivity index (χ2v) is 4.33. The molecule has 0 spiro atoms. The van der Waals surface area contributed by atoms with Crippen molar-refractivity contribution < 1.29 is 19.5 Å². The summed E-state index contributed by atoms with van der Waals surface area (Å²) >= 11 is 0. The minimum atomic E-state index is -0.967. The summed E-state index contributed by atoms with van der Waals surface area (Å²) in [4.78, 5) is 35.0. The van der Waals surface area contributed by atoms with Crippen LogP contribution in [0.4, 0.5) is 4.79 Å². The van der Waals surface area contributed by atoms with Crippen LogP contribution in [0.5, 0.6) is 0 Å². The highest BCUT2D eigenvalue weighted by molar-refractivity contribution is 5.95. The van der Waals surface area contributed by atoms with Gasteiger partial charge in [0.25, 0.3) is 0 Å². The maximum Gasteiger partial charge on any atom is 0.321 e. The lowest BCUT2D eigenvalue weighted by atomic mass is 10.4. The highest BCUT2D eigenvalue weighted by Crippen LogP contribution is 2.26. The fourth-order valence-electron chi connectivity index (χ4n) is 1.56. The minimum absolute atomic E-state index is 0.0590. The largest absolute Gasteiger partial charge is 0.480 e. The van der Waals surface area contributed by atoms with Crippen LogP contribution in [0.25, 0.3) is 0 Å². The summed E-state index contributed by atoms with van der Waals surface area (Å²) in [6.45, 7) is 2.18. The number of hydrogen-bond acceptors (Lipinski definition) is 4. The molecule has 1 fully saturated rings. The molecule has 3 N–H and O–H groups in total. The Bertz CT molecular complexity index is 328. The van der Waals surface area contributed by atoms with Crippen LogP contribution >= 0.6 is 0 Å². The van der Waals surface area contributed by atoms with Crippen molar-refractivity contribution >= 4 is 17.9 Å². The van der Waals surface area contributed by atoms with Crippen molar-refractivity contribution in [3.63, 3.8) is 0 Å².